The molecule has 0 unspecified atom stereocenters. The van der Waals surface area contributed by atoms with Crippen LogP contribution >= 0.6 is 0 Å². The fraction of sp³-hybridized carbons (Fsp3) is 0.212. The molecule has 2 aromatic carbocycles. The van der Waals surface area contributed by atoms with Crippen molar-refractivity contribution in [2.24, 2.45) is 5.92 Å². The van der Waals surface area contributed by atoms with Crippen LogP contribution in [0.4, 0.5) is 15.8 Å². The lowest BCUT2D eigenvalue weighted by Crippen LogP contribution is -2.20. The molecule has 0 saturated heterocycles. The summed E-state index contributed by atoms with van der Waals surface area (Å²) in [7, 11) is 4.00. The average Bonchev–Trinajstić information content (AvgIpc) is 3.60. The predicted octanol–water partition coefficient (Wildman–Crippen LogP) is 6.54. The minimum atomic E-state index is -0.314. The molecule has 0 fully saturated rings. The highest BCUT2D eigenvalue weighted by atomic mass is 19.1. The fourth-order valence-corrected chi connectivity index (χ4v) is 5.03. The first-order chi connectivity index (χ1) is 20.7. The summed E-state index contributed by atoms with van der Waals surface area (Å²) in [6.07, 6.45) is 6.94. The van der Waals surface area contributed by atoms with Crippen LogP contribution in [0.5, 0.6) is 0 Å². The molecule has 10 heteroatoms. The van der Waals surface area contributed by atoms with Crippen LogP contribution in [0.1, 0.15) is 13.8 Å². The second-order valence-electron chi connectivity index (χ2n) is 11.2. The van der Waals surface area contributed by atoms with Gasteiger partial charge in [-0.1, -0.05) is 19.9 Å². The van der Waals surface area contributed by atoms with Gasteiger partial charge in [0.15, 0.2) is 0 Å². The van der Waals surface area contributed by atoms with E-state index in [0.717, 1.165) is 67.7 Å². The highest BCUT2D eigenvalue weighted by molar-refractivity contribution is 6.01. The first kappa shape index (κ1) is 28.0. The highest BCUT2D eigenvalue weighted by Gasteiger charge is 2.16. The van der Waals surface area contributed by atoms with E-state index >= 15 is 0 Å². The van der Waals surface area contributed by atoms with Gasteiger partial charge in [-0.05, 0) is 67.7 Å². The molecule has 0 radical (unpaired) electrons. The van der Waals surface area contributed by atoms with Crippen molar-refractivity contribution in [2.45, 2.75) is 13.8 Å². The van der Waals surface area contributed by atoms with E-state index < -0.39 is 0 Å². The van der Waals surface area contributed by atoms with E-state index in [4.69, 9.17) is 0 Å². The van der Waals surface area contributed by atoms with Crippen molar-refractivity contribution in [3.8, 4) is 33.6 Å². The van der Waals surface area contributed by atoms with Crippen LogP contribution in [0.15, 0.2) is 73.3 Å². The fourth-order valence-electron chi connectivity index (χ4n) is 5.03. The molecular formula is C33H33FN8O. The SMILES string of the molecule is CC(C)C(=O)Nc1cncc(-c2ccc3[nH]nc(-c4cc5c(-c6cc(F)cc(NCCN(C)C)c6)cncc5[nH]4)c3c2)c1. The van der Waals surface area contributed by atoms with Gasteiger partial charge in [0, 0.05) is 59.0 Å². The summed E-state index contributed by atoms with van der Waals surface area (Å²) in [5, 5.41) is 15.8. The number of carbonyl (C=O) groups is 1. The van der Waals surface area contributed by atoms with Crippen molar-refractivity contribution in [1.82, 2.24) is 30.0 Å². The molecule has 0 atom stereocenters. The number of hydrogen-bond acceptors (Lipinski definition) is 6. The summed E-state index contributed by atoms with van der Waals surface area (Å²) in [5.41, 5.74) is 8.01. The van der Waals surface area contributed by atoms with Crippen molar-refractivity contribution in [1.29, 1.82) is 0 Å². The number of aromatic amines is 2. The van der Waals surface area contributed by atoms with E-state index in [9.17, 15) is 9.18 Å². The van der Waals surface area contributed by atoms with Gasteiger partial charge in [0.1, 0.15) is 11.5 Å². The summed E-state index contributed by atoms with van der Waals surface area (Å²) in [4.78, 5) is 26.5. The third-order valence-electron chi connectivity index (χ3n) is 7.32. The standard InChI is InChI=1S/C33H33FN8O/c1-19(2)33(43)38-25-11-22(15-35-16-25)20-5-6-29-27(12-20)32(41-40-29)30-14-26-28(17-36-18-31(26)39-30)21-9-23(34)13-24(10-21)37-7-8-42(3)4/h5-6,9-19,37,39H,7-8H2,1-4H3,(H,38,43)(H,40,41). The van der Waals surface area contributed by atoms with Gasteiger partial charge in [-0.25, -0.2) is 4.39 Å². The summed E-state index contributed by atoms with van der Waals surface area (Å²) in [6, 6.07) is 15.0. The number of rotatable bonds is 9. The third-order valence-corrected chi connectivity index (χ3v) is 7.32. The van der Waals surface area contributed by atoms with Crippen LogP contribution < -0.4 is 10.6 Å². The normalized spacial score (nSPS) is 11.6. The van der Waals surface area contributed by atoms with Crippen molar-refractivity contribution >= 4 is 39.1 Å². The van der Waals surface area contributed by atoms with Crippen molar-refractivity contribution < 1.29 is 9.18 Å². The van der Waals surface area contributed by atoms with E-state index in [1.54, 1.807) is 24.8 Å². The number of nitrogens with one attached hydrogen (secondary N) is 4. The predicted molar refractivity (Wildman–Crippen MR) is 170 cm³/mol. The van der Waals surface area contributed by atoms with Crippen LogP contribution in [0.3, 0.4) is 0 Å². The zero-order valence-electron chi connectivity index (χ0n) is 24.5. The van der Waals surface area contributed by atoms with E-state index in [0.29, 0.717) is 12.2 Å². The van der Waals surface area contributed by atoms with E-state index in [-0.39, 0.29) is 17.6 Å². The number of amides is 1. The van der Waals surface area contributed by atoms with Gasteiger partial charge < -0.3 is 20.5 Å². The number of anilines is 2. The Bertz CT molecular complexity index is 1940. The Morgan fingerprint density at radius 1 is 0.884 bits per heavy atom. The summed E-state index contributed by atoms with van der Waals surface area (Å²) in [5.74, 6) is -0.506. The smallest absolute Gasteiger partial charge is 0.226 e. The first-order valence-corrected chi connectivity index (χ1v) is 14.2. The summed E-state index contributed by atoms with van der Waals surface area (Å²) < 4.78 is 14.7. The van der Waals surface area contributed by atoms with Crippen molar-refractivity contribution in [2.75, 3.05) is 37.8 Å². The first-order valence-electron chi connectivity index (χ1n) is 14.2. The summed E-state index contributed by atoms with van der Waals surface area (Å²) in [6.45, 7) is 5.24. The monoisotopic (exact) mass is 576 g/mol. The van der Waals surface area contributed by atoms with Gasteiger partial charge in [0.2, 0.25) is 5.91 Å². The number of H-pyrrole nitrogens is 2. The molecule has 4 heterocycles. The highest BCUT2D eigenvalue weighted by Crippen LogP contribution is 2.36. The maximum absolute atomic E-state index is 14.7. The van der Waals surface area contributed by atoms with Crippen molar-refractivity contribution in [3.63, 3.8) is 0 Å². The lowest BCUT2D eigenvalue weighted by molar-refractivity contribution is -0.118. The van der Waals surface area contributed by atoms with E-state index in [1.165, 1.54) is 12.1 Å². The second-order valence-corrected chi connectivity index (χ2v) is 11.2. The molecule has 0 bridgehead atoms. The molecule has 0 aliphatic heterocycles. The van der Waals surface area contributed by atoms with Crippen LogP contribution in [0, 0.1) is 11.7 Å². The van der Waals surface area contributed by atoms with Gasteiger partial charge in [0.05, 0.1) is 34.8 Å². The Hall–Kier alpha value is -5.09. The minimum absolute atomic E-state index is 0.0609. The molecule has 0 saturated carbocycles. The number of aromatic nitrogens is 5. The maximum atomic E-state index is 14.7. The van der Waals surface area contributed by atoms with E-state index in [2.05, 4.69) is 46.7 Å². The summed E-state index contributed by atoms with van der Waals surface area (Å²) >= 11 is 0. The molecule has 0 aliphatic carbocycles. The van der Waals surface area contributed by atoms with Crippen molar-refractivity contribution in [3.05, 3.63) is 79.1 Å². The Balaban J connectivity index is 1.36. The molecule has 1 amide bonds. The number of nitrogens with zero attached hydrogens (tertiary/aromatic N) is 4. The molecule has 4 aromatic heterocycles. The van der Waals surface area contributed by atoms with Crippen LogP contribution in [0.2, 0.25) is 0 Å². The van der Waals surface area contributed by atoms with Gasteiger partial charge in [-0.15, -0.1) is 0 Å². The molecule has 0 aliphatic rings. The quantitative estimate of drug-likeness (QED) is 0.155. The number of benzene rings is 2. The van der Waals surface area contributed by atoms with Gasteiger partial charge in [-0.2, -0.15) is 5.10 Å². The lowest BCUT2D eigenvalue weighted by Gasteiger charge is -2.13. The van der Waals surface area contributed by atoms with Crippen LogP contribution in [0.25, 0.3) is 55.4 Å². The topological polar surface area (TPSA) is 115 Å². The van der Waals surface area contributed by atoms with Crippen LogP contribution in [-0.4, -0.2) is 63.1 Å². The molecule has 43 heavy (non-hydrogen) atoms. The number of likely N-dealkylation sites (N-methyl/N-ethyl adjacent to an activating group) is 1. The minimum Gasteiger partial charge on any atom is -0.384 e. The van der Waals surface area contributed by atoms with Gasteiger partial charge in [-0.3, -0.25) is 19.9 Å². The zero-order chi connectivity index (χ0) is 30.1. The Labute approximate surface area is 248 Å². The molecule has 4 N–H and O–H groups in total. The van der Waals surface area contributed by atoms with Crippen LogP contribution in [-0.2, 0) is 4.79 Å². The third kappa shape index (κ3) is 5.96. The lowest BCUT2D eigenvalue weighted by atomic mass is 10.0. The second kappa shape index (κ2) is 11.7. The maximum Gasteiger partial charge on any atom is 0.226 e. The zero-order valence-corrected chi connectivity index (χ0v) is 24.5. The molecule has 6 aromatic rings. The molecule has 0 spiro atoms. The molecule has 6 rings (SSSR count). The number of halogens is 1. The molecular weight excluding hydrogens is 543 g/mol. The largest absolute Gasteiger partial charge is 0.384 e. The molecule has 218 valence electrons. The van der Waals surface area contributed by atoms with Gasteiger partial charge in [0.25, 0.3) is 0 Å². The Morgan fingerprint density at radius 3 is 2.51 bits per heavy atom. The number of hydrogen-bond donors (Lipinski definition) is 4. The Kier molecular flexibility index (Phi) is 7.60. The number of fused-ring (bicyclic) bond motifs is 2. The number of pyridine rings is 2. The Morgan fingerprint density at radius 2 is 1.70 bits per heavy atom. The van der Waals surface area contributed by atoms with Gasteiger partial charge >= 0.3 is 0 Å². The molecule has 9 nitrogen and oxygen atoms in total. The average molecular weight is 577 g/mol. The van der Waals surface area contributed by atoms with E-state index in [1.807, 2.05) is 58.3 Å². The number of carbonyl (C=O) groups excluding carboxylic acids is 1.